The number of unbranched alkanes of at least 4 members (excludes halogenated alkanes) is 28. The molecule has 51 heavy (non-hydrogen) atoms. The van der Waals surface area contributed by atoms with E-state index in [4.69, 9.17) is 0 Å². The van der Waals surface area contributed by atoms with E-state index in [0.717, 1.165) is 39.5 Å². The number of aliphatic carboxylic acids is 2. The number of carboxylic acid groups (broad SMARTS) is 2. The zero-order valence-electron chi connectivity index (χ0n) is 33.7. The Bertz CT molecular complexity index is 775. The molecule has 8 nitrogen and oxygen atoms in total. The van der Waals surface area contributed by atoms with Crippen LogP contribution in [-0.2, 0) is 19.2 Å². The monoisotopic (exact) mass is 848 g/mol. The van der Waals surface area contributed by atoms with Gasteiger partial charge >= 0.3 is 48.9 Å². The Morgan fingerprint density at radius 1 is 0.373 bits per heavy atom. The van der Waals surface area contributed by atoms with E-state index >= 15 is 0 Å². The summed E-state index contributed by atoms with van der Waals surface area (Å²) < 4.78 is 0. The molecule has 0 amide bonds. The second kappa shape index (κ2) is 38.1. The van der Waals surface area contributed by atoms with Crippen LogP contribution in [0.4, 0.5) is 0 Å². The molecule has 0 aliphatic heterocycles. The molecule has 296 valence electrons. The number of Topliss-reactive ketones (excluding diaryl/α,β-unsaturated/α-hetero) is 2. The molecular weight excluding hydrogens is 770 g/mol. The van der Waals surface area contributed by atoms with Gasteiger partial charge in [0.05, 0.1) is 11.9 Å². The standard InChI is InChI=1S/2C21H40O4.Ba/c2*1-3-4-5-6-7-8-9-10-11-12-13-14-15-16-17-18-19(22)21(2,25)20(23)24;/h2*25H,3-18H2,1-2H3,(H,23,24);/q;;+2/p-2. The Kier molecular flexibility index (Phi) is 41.1. The normalized spacial score (nSPS) is 13.3. The zero-order valence-corrected chi connectivity index (χ0v) is 38.1. The summed E-state index contributed by atoms with van der Waals surface area (Å²) in [5.74, 6) is -4.72. The maximum absolute atomic E-state index is 11.6. The smallest absolute Gasteiger partial charge is 0.547 e. The summed E-state index contributed by atoms with van der Waals surface area (Å²) in [5, 5.41) is 40.2. The van der Waals surface area contributed by atoms with Crippen molar-refractivity contribution >= 4 is 72.4 Å². The molecule has 0 aromatic heterocycles. The predicted molar refractivity (Wildman–Crippen MR) is 206 cm³/mol. The maximum Gasteiger partial charge on any atom is 2.00 e. The van der Waals surface area contributed by atoms with Crippen molar-refractivity contribution in [1.29, 1.82) is 0 Å². The number of carboxylic acids is 2. The van der Waals surface area contributed by atoms with Crippen molar-refractivity contribution in [2.45, 2.75) is 244 Å². The van der Waals surface area contributed by atoms with E-state index in [9.17, 15) is 39.6 Å². The van der Waals surface area contributed by atoms with Crippen molar-refractivity contribution in [3.8, 4) is 0 Å². The molecule has 2 unspecified atom stereocenters. The van der Waals surface area contributed by atoms with Crippen molar-refractivity contribution in [1.82, 2.24) is 0 Å². The first-order valence-corrected chi connectivity index (χ1v) is 20.8. The summed E-state index contributed by atoms with van der Waals surface area (Å²) in [6.45, 7) is 6.49. The molecule has 0 aromatic rings. The molecule has 0 bridgehead atoms. The summed E-state index contributed by atoms with van der Waals surface area (Å²) in [6, 6.07) is 0. The molecule has 2 N–H and O–H groups in total. The van der Waals surface area contributed by atoms with Gasteiger partial charge in [-0.1, -0.05) is 194 Å². The third kappa shape index (κ3) is 34.0. The molecule has 0 saturated carbocycles. The molecule has 0 aliphatic carbocycles. The SMILES string of the molecule is CCCCCCCCCCCCCCCCCC(=O)C(C)(O)C(=O)[O-].CCCCCCCCCCCCCCCCCC(=O)C(C)(O)C(=O)[O-].[Ba+2]. The van der Waals surface area contributed by atoms with Crippen molar-refractivity contribution in [3.05, 3.63) is 0 Å². The quantitative estimate of drug-likeness (QED) is 0.0363. The molecule has 0 radical (unpaired) electrons. The number of rotatable bonds is 36. The minimum atomic E-state index is -2.34. The van der Waals surface area contributed by atoms with Crippen molar-refractivity contribution < 1.29 is 39.6 Å². The van der Waals surface area contributed by atoms with Crippen molar-refractivity contribution in [3.63, 3.8) is 0 Å². The van der Waals surface area contributed by atoms with Crippen LogP contribution < -0.4 is 10.2 Å². The molecule has 0 rings (SSSR count). The van der Waals surface area contributed by atoms with Crippen LogP contribution in [0.5, 0.6) is 0 Å². The summed E-state index contributed by atoms with van der Waals surface area (Å²) >= 11 is 0. The number of aliphatic hydroxyl groups is 2. The minimum Gasteiger partial charge on any atom is -0.547 e. The zero-order chi connectivity index (χ0) is 37.9. The van der Waals surface area contributed by atoms with E-state index in [0.29, 0.717) is 12.8 Å². The van der Waals surface area contributed by atoms with Crippen LogP contribution in [0.15, 0.2) is 0 Å². The van der Waals surface area contributed by atoms with Crippen LogP contribution in [0.25, 0.3) is 0 Å². The third-order valence-electron chi connectivity index (χ3n) is 9.90. The van der Waals surface area contributed by atoms with Crippen LogP contribution in [0.1, 0.15) is 233 Å². The number of carbonyl (C=O) groups excluding carboxylic acids is 4. The average molecular weight is 848 g/mol. The van der Waals surface area contributed by atoms with Gasteiger partial charge in [0, 0.05) is 12.8 Å². The van der Waals surface area contributed by atoms with Crippen LogP contribution >= 0.6 is 0 Å². The molecule has 0 aliphatic rings. The first-order chi connectivity index (χ1) is 23.8. The minimum absolute atomic E-state index is 0. The fourth-order valence-electron chi connectivity index (χ4n) is 6.03. The summed E-state index contributed by atoms with van der Waals surface area (Å²) in [6.07, 6.45) is 37.4. The van der Waals surface area contributed by atoms with Crippen LogP contribution in [-0.4, -0.2) is 93.8 Å². The van der Waals surface area contributed by atoms with Gasteiger partial charge in [-0.05, 0) is 26.7 Å². The number of ketones is 2. The van der Waals surface area contributed by atoms with E-state index in [1.165, 1.54) is 154 Å². The van der Waals surface area contributed by atoms with Gasteiger partial charge < -0.3 is 30.0 Å². The molecule has 0 heterocycles. The average Bonchev–Trinajstić information content (AvgIpc) is 3.08. The van der Waals surface area contributed by atoms with Crippen LogP contribution in [0.2, 0.25) is 0 Å². The van der Waals surface area contributed by atoms with Gasteiger partial charge in [-0.15, -0.1) is 0 Å². The second-order valence-corrected chi connectivity index (χ2v) is 15.0. The van der Waals surface area contributed by atoms with E-state index in [1.54, 1.807) is 0 Å². The molecule has 2 atom stereocenters. The van der Waals surface area contributed by atoms with Gasteiger partial charge in [0.25, 0.3) is 0 Å². The second-order valence-electron chi connectivity index (χ2n) is 15.0. The number of hydrogen-bond donors (Lipinski definition) is 2. The van der Waals surface area contributed by atoms with Crippen LogP contribution in [0, 0.1) is 0 Å². The predicted octanol–water partition coefficient (Wildman–Crippen LogP) is 8.26. The third-order valence-corrected chi connectivity index (χ3v) is 9.90. The van der Waals surface area contributed by atoms with Crippen molar-refractivity contribution in [2.24, 2.45) is 0 Å². The Balaban J connectivity index is -0.000000886. The number of carbonyl (C=O) groups is 4. The van der Waals surface area contributed by atoms with Gasteiger partial charge in [0.1, 0.15) is 0 Å². The topological polar surface area (TPSA) is 155 Å². The summed E-state index contributed by atoms with van der Waals surface area (Å²) in [4.78, 5) is 44.4. The van der Waals surface area contributed by atoms with E-state index in [2.05, 4.69) is 13.8 Å². The van der Waals surface area contributed by atoms with Gasteiger partial charge in [0.2, 0.25) is 0 Å². The van der Waals surface area contributed by atoms with E-state index < -0.39 is 34.7 Å². The van der Waals surface area contributed by atoms with Crippen LogP contribution in [0.3, 0.4) is 0 Å². The first-order valence-electron chi connectivity index (χ1n) is 20.8. The van der Waals surface area contributed by atoms with E-state index in [-0.39, 0.29) is 61.7 Å². The molecular formula is C42H78BaO8. The Morgan fingerprint density at radius 2 is 0.529 bits per heavy atom. The Morgan fingerprint density at radius 3 is 0.686 bits per heavy atom. The molecule has 9 heteroatoms. The fourth-order valence-corrected chi connectivity index (χ4v) is 6.03. The summed E-state index contributed by atoms with van der Waals surface area (Å²) in [7, 11) is 0. The number of hydrogen-bond acceptors (Lipinski definition) is 8. The summed E-state index contributed by atoms with van der Waals surface area (Å²) in [5.41, 5.74) is -4.67. The van der Waals surface area contributed by atoms with Crippen molar-refractivity contribution in [2.75, 3.05) is 0 Å². The first kappa shape index (κ1) is 55.1. The largest absolute Gasteiger partial charge is 2.00 e. The van der Waals surface area contributed by atoms with E-state index in [1.807, 2.05) is 0 Å². The Labute approximate surface area is 353 Å². The van der Waals surface area contributed by atoms with Gasteiger partial charge in [-0.2, -0.15) is 0 Å². The molecule has 0 aromatic carbocycles. The van der Waals surface area contributed by atoms with Gasteiger partial charge in [-0.3, -0.25) is 9.59 Å². The Hall–Kier alpha value is -0.229. The fraction of sp³-hybridized carbons (Fsp3) is 0.905. The molecule has 0 saturated heterocycles. The van der Waals surface area contributed by atoms with Gasteiger partial charge in [0.15, 0.2) is 22.8 Å². The maximum atomic E-state index is 11.6. The molecule has 0 spiro atoms. The molecule has 0 fully saturated rings. The van der Waals surface area contributed by atoms with Gasteiger partial charge in [-0.25, -0.2) is 0 Å².